The molecule has 0 saturated heterocycles. The first-order valence-corrected chi connectivity index (χ1v) is 14.7. The molecule has 2 aromatic carbocycles. The molecule has 4 aromatic rings. The van der Waals surface area contributed by atoms with Crippen molar-refractivity contribution in [1.29, 1.82) is 0 Å². The number of fused-ring (bicyclic) bond motifs is 1. The van der Waals surface area contributed by atoms with Gasteiger partial charge in [0, 0.05) is 37.3 Å². The number of carbonyl (C=O) groups excluding carboxylic acids is 1. The van der Waals surface area contributed by atoms with Crippen LogP contribution in [0.4, 0.5) is 11.5 Å². The number of sulfone groups is 1. The van der Waals surface area contributed by atoms with E-state index in [0.717, 1.165) is 40.0 Å². The summed E-state index contributed by atoms with van der Waals surface area (Å²) in [5.74, 6) is 2.16. The first kappa shape index (κ1) is 27.9. The molecule has 0 spiro atoms. The highest BCUT2D eigenvalue weighted by atomic mass is 32.2. The molecule has 39 heavy (non-hydrogen) atoms. The van der Waals surface area contributed by atoms with Gasteiger partial charge in [-0.25, -0.2) is 18.4 Å². The van der Waals surface area contributed by atoms with Crippen LogP contribution in [0.25, 0.3) is 11.0 Å². The van der Waals surface area contributed by atoms with Crippen LogP contribution in [-0.4, -0.2) is 54.0 Å². The lowest BCUT2D eigenvalue weighted by molar-refractivity contribution is -0.118. The molecule has 4 rings (SSSR count). The number of aromatic nitrogens is 3. The number of nitrogens with zero attached hydrogens (tertiary/aromatic N) is 3. The Hall–Kier alpha value is -4.12. The fourth-order valence-corrected chi connectivity index (χ4v) is 4.49. The zero-order valence-electron chi connectivity index (χ0n) is 22.5. The highest BCUT2D eigenvalue weighted by molar-refractivity contribution is 7.91. The van der Waals surface area contributed by atoms with Crippen molar-refractivity contribution < 1.29 is 22.7 Å². The number of aryl methyl sites for hydroxylation is 1. The molecule has 0 aliphatic carbocycles. The highest BCUT2D eigenvalue weighted by Crippen LogP contribution is 2.31. The van der Waals surface area contributed by atoms with Crippen LogP contribution in [0, 0.1) is 12.8 Å². The van der Waals surface area contributed by atoms with E-state index in [1.807, 2.05) is 66.2 Å². The van der Waals surface area contributed by atoms with Crippen molar-refractivity contribution in [2.75, 3.05) is 30.5 Å². The van der Waals surface area contributed by atoms with Crippen molar-refractivity contribution in [2.45, 2.75) is 27.3 Å². The minimum atomic E-state index is -3.38. The van der Waals surface area contributed by atoms with Crippen molar-refractivity contribution in [2.24, 2.45) is 5.92 Å². The van der Waals surface area contributed by atoms with Crippen LogP contribution in [0.2, 0.25) is 0 Å². The molecule has 0 atom stereocenters. The fourth-order valence-electron chi connectivity index (χ4n) is 3.91. The molecule has 0 aliphatic heterocycles. The van der Waals surface area contributed by atoms with Gasteiger partial charge in [-0.2, -0.15) is 0 Å². The van der Waals surface area contributed by atoms with Gasteiger partial charge >= 0.3 is 0 Å². The molecule has 0 radical (unpaired) electrons. The number of hydrogen-bond donors (Lipinski definition) is 2. The summed E-state index contributed by atoms with van der Waals surface area (Å²) in [6.07, 6.45) is 4.37. The van der Waals surface area contributed by atoms with E-state index in [0.29, 0.717) is 30.6 Å². The zero-order valence-corrected chi connectivity index (χ0v) is 23.3. The van der Waals surface area contributed by atoms with E-state index in [1.54, 1.807) is 0 Å². The van der Waals surface area contributed by atoms with Gasteiger partial charge < -0.3 is 24.7 Å². The average molecular weight is 552 g/mol. The maximum absolute atomic E-state index is 11.9. The molecule has 2 heterocycles. The molecule has 1 amide bonds. The average Bonchev–Trinajstić information content (AvgIpc) is 3.28. The molecular weight excluding hydrogens is 518 g/mol. The Bertz CT molecular complexity index is 1570. The van der Waals surface area contributed by atoms with Crippen molar-refractivity contribution >= 4 is 38.3 Å². The smallest absolute Gasteiger partial charge is 0.235 e. The Balaban J connectivity index is 1.45. The lowest BCUT2D eigenvalue weighted by Crippen LogP contribution is -2.32. The van der Waals surface area contributed by atoms with E-state index in [-0.39, 0.29) is 6.54 Å². The number of hydrogen-bond acceptors (Lipinski definition) is 8. The van der Waals surface area contributed by atoms with Gasteiger partial charge in [-0.15, -0.1) is 0 Å². The van der Waals surface area contributed by atoms with Crippen LogP contribution in [0.5, 0.6) is 17.2 Å². The number of amides is 1. The summed E-state index contributed by atoms with van der Waals surface area (Å²) in [5, 5.41) is 6.00. The SMILES string of the molecule is Cc1cc(Nc2ncnc3ccn(CCNC(=O)CS(C)(=O)=O)c23)ccc1Oc1cccc(OCC(C)C)c1. The van der Waals surface area contributed by atoms with E-state index >= 15 is 0 Å². The van der Waals surface area contributed by atoms with Crippen LogP contribution >= 0.6 is 0 Å². The molecule has 0 saturated carbocycles. The van der Waals surface area contributed by atoms with E-state index in [9.17, 15) is 13.2 Å². The summed E-state index contributed by atoms with van der Waals surface area (Å²) in [6, 6.07) is 15.2. The fraction of sp³-hybridized carbons (Fsp3) is 0.321. The summed E-state index contributed by atoms with van der Waals surface area (Å²) in [7, 11) is -3.38. The molecule has 2 aromatic heterocycles. The summed E-state index contributed by atoms with van der Waals surface area (Å²) >= 11 is 0. The minimum absolute atomic E-state index is 0.265. The lowest BCUT2D eigenvalue weighted by Gasteiger charge is -2.14. The second-order valence-corrected chi connectivity index (χ2v) is 11.9. The molecule has 0 bridgehead atoms. The standard InChI is InChI=1S/C28H33N5O5S/c1-19(2)16-37-22-6-5-7-23(15-22)38-25-9-8-21(14-20(25)3)32-28-27-24(30-18-31-28)10-12-33(27)13-11-29-26(34)17-39(4,35)36/h5-10,12,14-15,18-19H,11,13,16-17H2,1-4H3,(H,29,34)(H,30,31,32). The third kappa shape index (κ3) is 7.93. The van der Waals surface area contributed by atoms with Crippen LogP contribution in [0.15, 0.2) is 61.1 Å². The number of carbonyl (C=O) groups is 1. The summed E-state index contributed by atoms with van der Waals surface area (Å²) in [5.41, 5.74) is 3.27. The van der Waals surface area contributed by atoms with Crippen molar-refractivity contribution in [3.63, 3.8) is 0 Å². The second-order valence-electron chi connectivity index (χ2n) is 9.77. The Morgan fingerprint density at radius 1 is 1.08 bits per heavy atom. The van der Waals surface area contributed by atoms with Gasteiger partial charge in [0.15, 0.2) is 15.7 Å². The predicted octanol–water partition coefficient (Wildman–Crippen LogP) is 4.47. The third-order valence-corrected chi connectivity index (χ3v) is 6.46. The minimum Gasteiger partial charge on any atom is -0.493 e. The largest absolute Gasteiger partial charge is 0.493 e. The summed E-state index contributed by atoms with van der Waals surface area (Å²) in [4.78, 5) is 20.6. The van der Waals surface area contributed by atoms with Crippen LogP contribution in [0.3, 0.4) is 0 Å². The molecule has 206 valence electrons. The number of anilines is 2. The number of rotatable bonds is 12. The van der Waals surface area contributed by atoms with Gasteiger partial charge in [-0.3, -0.25) is 4.79 Å². The number of ether oxygens (including phenoxy) is 2. The van der Waals surface area contributed by atoms with E-state index in [1.165, 1.54) is 6.33 Å². The Kier molecular flexibility index (Phi) is 8.70. The van der Waals surface area contributed by atoms with Crippen LogP contribution in [0.1, 0.15) is 19.4 Å². The van der Waals surface area contributed by atoms with Gasteiger partial charge in [0.1, 0.15) is 34.8 Å². The first-order valence-electron chi connectivity index (χ1n) is 12.6. The van der Waals surface area contributed by atoms with Gasteiger partial charge in [-0.1, -0.05) is 19.9 Å². The maximum atomic E-state index is 11.9. The van der Waals surface area contributed by atoms with Crippen LogP contribution in [-0.2, 0) is 21.2 Å². The second kappa shape index (κ2) is 12.2. The maximum Gasteiger partial charge on any atom is 0.235 e. The Morgan fingerprint density at radius 2 is 1.87 bits per heavy atom. The number of benzene rings is 2. The Morgan fingerprint density at radius 3 is 2.62 bits per heavy atom. The van der Waals surface area contributed by atoms with Gasteiger partial charge in [0.2, 0.25) is 5.91 Å². The monoisotopic (exact) mass is 551 g/mol. The molecule has 0 aliphatic rings. The molecule has 10 nitrogen and oxygen atoms in total. The van der Waals surface area contributed by atoms with E-state index in [2.05, 4.69) is 34.4 Å². The van der Waals surface area contributed by atoms with E-state index in [4.69, 9.17) is 9.47 Å². The van der Waals surface area contributed by atoms with Crippen molar-refractivity contribution in [3.8, 4) is 17.2 Å². The van der Waals surface area contributed by atoms with Crippen LogP contribution < -0.4 is 20.1 Å². The molecule has 2 N–H and O–H groups in total. The van der Waals surface area contributed by atoms with Crippen molar-refractivity contribution in [1.82, 2.24) is 19.9 Å². The highest BCUT2D eigenvalue weighted by Gasteiger charge is 2.13. The normalized spacial score (nSPS) is 11.5. The number of nitrogens with one attached hydrogen (secondary N) is 2. The molecule has 11 heteroatoms. The third-order valence-electron chi connectivity index (χ3n) is 5.67. The predicted molar refractivity (Wildman–Crippen MR) is 152 cm³/mol. The quantitative estimate of drug-likeness (QED) is 0.264. The molecule has 0 unspecified atom stereocenters. The summed E-state index contributed by atoms with van der Waals surface area (Å²) in [6.45, 7) is 7.51. The van der Waals surface area contributed by atoms with E-state index < -0.39 is 21.5 Å². The molecule has 0 fully saturated rings. The van der Waals surface area contributed by atoms with Gasteiger partial charge in [-0.05, 0) is 54.8 Å². The van der Waals surface area contributed by atoms with Crippen molar-refractivity contribution in [3.05, 3.63) is 66.6 Å². The zero-order chi connectivity index (χ0) is 28.0. The first-order chi connectivity index (χ1) is 18.6. The Labute approximate surface area is 228 Å². The molecular formula is C28H33N5O5S. The summed E-state index contributed by atoms with van der Waals surface area (Å²) < 4.78 is 36.5. The topological polar surface area (TPSA) is 124 Å². The van der Waals surface area contributed by atoms with Gasteiger partial charge in [0.25, 0.3) is 0 Å². The van der Waals surface area contributed by atoms with Gasteiger partial charge in [0.05, 0.1) is 12.1 Å². The lowest BCUT2D eigenvalue weighted by atomic mass is 10.2.